The Kier molecular flexibility index (Phi) is 4.85. The van der Waals surface area contributed by atoms with Gasteiger partial charge in [0.2, 0.25) is 0 Å². The van der Waals surface area contributed by atoms with Gasteiger partial charge in [-0.1, -0.05) is 6.42 Å². The van der Waals surface area contributed by atoms with Gasteiger partial charge in [0.1, 0.15) is 0 Å². The van der Waals surface area contributed by atoms with Gasteiger partial charge in [-0.2, -0.15) is 39.1 Å². The number of halogens is 6. The minimum atomic E-state index is -6.98. The Morgan fingerprint density at radius 1 is 0.773 bits per heavy atom. The van der Waals surface area contributed by atoms with E-state index in [0.717, 1.165) is 0 Å². The van der Waals surface area contributed by atoms with Crippen molar-refractivity contribution in [2.75, 3.05) is 13.1 Å². The van der Waals surface area contributed by atoms with Crippen molar-refractivity contribution in [1.29, 1.82) is 0 Å². The molecular formula is C8H11F6NO5S2. The minimum absolute atomic E-state index is 0.0512. The van der Waals surface area contributed by atoms with Gasteiger partial charge < -0.3 is 0 Å². The van der Waals surface area contributed by atoms with E-state index in [9.17, 15) is 43.2 Å². The highest BCUT2D eigenvalue weighted by Gasteiger charge is 2.82. The third-order valence-corrected chi connectivity index (χ3v) is 5.89. The van der Waals surface area contributed by atoms with E-state index in [0.29, 0.717) is 6.42 Å². The predicted octanol–water partition coefficient (Wildman–Crippen LogP) is 1.51. The molecule has 132 valence electrons. The van der Waals surface area contributed by atoms with Crippen LogP contribution in [-0.2, 0) is 20.1 Å². The van der Waals surface area contributed by atoms with Gasteiger partial charge in [-0.15, -0.1) is 0 Å². The van der Waals surface area contributed by atoms with Crippen LogP contribution in [0.25, 0.3) is 0 Å². The van der Waals surface area contributed by atoms with Crippen LogP contribution in [0.3, 0.4) is 0 Å². The zero-order valence-electron chi connectivity index (χ0n) is 10.6. The lowest BCUT2D eigenvalue weighted by Gasteiger charge is -2.35. The van der Waals surface area contributed by atoms with Gasteiger partial charge in [0.25, 0.3) is 10.0 Å². The van der Waals surface area contributed by atoms with E-state index in [1.54, 1.807) is 0 Å². The maximum absolute atomic E-state index is 13.6. The Hall–Kier alpha value is -0.600. The number of hydrogen-bond donors (Lipinski definition) is 1. The van der Waals surface area contributed by atoms with Crippen LogP contribution in [0, 0.1) is 0 Å². The maximum atomic E-state index is 13.6. The summed E-state index contributed by atoms with van der Waals surface area (Å²) in [5, 5.41) is -13.1. The predicted molar refractivity (Wildman–Crippen MR) is 60.7 cm³/mol. The second-order valence-electron chi connectivity index (χ2n) is 4.55. The van der Waals surface area contributed by atoms with Crippen LogP contribution in [-0.4, -0.2) is 55.2 Å². The summed E-state index contributed by atoms with van der Waals surface area (Å²) in [5.74, 6) is -6.87. The van der Waals surface area contributed by atoms with E-state index in [-0.39, 0.29) is 17.1 Å². The van der Waals surface area contributed by atoms with Crippen LogP contribution >= 0.6 is 0 Å². The first kappa shape index (κ1) is 19.4. The Morgan fingerprint density at radius 3 is 1.55 bits per heavy atom. The van der Waals surface area contributed by atoms with Gasteiger partial charge in [0, 0.05) is 13.1 Å². The molecule has 0 atom stereocenters. The highest BCUT2D eigenvalue weighted by Crippen LogP contribution is 2.51. The quantitative estimate of drug-likeness (QED) is 0.578. The summed E-state index contributed by atoms with van der Waals surface area (Å²) < 4.78 is 131. The van der Waals surface area contributed by atoms with Gasteiger partial charge in [-0.05, 0) is 12.8 Å². The van der Waals surface area contributed by atoms with E-state index in [1.807, 2.05) is 0 Å². The molecule has 0 saturated carbocycles. The largest absolute Gasteiger partial charge is 0.439 e. The summed E-state index contributed by atoms with van der Waals surface area (Å²) >= 11 is 0. The highest BCUT2D eigenvalue weighted by molar-refractivity contribution is 7.90. The molecule has 6 nitrogen and oxygen atoms in total. The van der Waals surface area contributed by atoms with Crippen molar-refractivity contribution in [3.8, 4) is 0 Å². The van der Waals surface area contributed by atoms with E-state index >= 15 is 0 Å². The summed E-state index contributed by atoms with van der Waals surface area (Å²) in [7, 11) is -13.2. The summed E-state index contributed by atoms with van der Waals surface area (Å²) in [6.07, 6.45) is 0.528. The molecule has 0 unspecified atom stereocenters. The molecule has 0 radical (unpaired) electrons. The molecule has 1 aliphatic rings. The molecule has 0 aliphatic carbocycles. The molecule has 14 heteroatoms. The van der Waals surface area contributed by atoms with Crippen molar-refractivity contribution in [3.05, 3.63) is 0 Å². The van der Waals surface area contributed by atoms with Gasteiger partial charge in [0.15, 0.2) is 0 Å². The van der Waals surface area contributed by atoms with E-state index in [2.05, 4.69) is 0 Å². The average Bonchev–Trinajstić information content (AvgIpc) is 2.37. The zero-order valence-corrected chi connectivity index (χ0v) is 12.3. The van der Waals surface area contributed by atoms with Crippen molar-refractivity contribution >= 4 is 20.1 Å². The molecule has 22 heavy (non-hydrogen) atoms. The fourth-order valence-corrected chi connectivity index (χ4v) is 3.79. The summed E-state index contributed by atoms with van der Waals surface area (Å²) in [6.45, 7) is -1.18. The molecule has 1 aliphatic heterocycles. The number of piperidine rings is 1. The second kappa shape index (κ2) is 5.49. The molecule has 0 bridgehead atoms. The Balaban J connectivity index is 3.37. The molecule has 1 rings (SSSR count). The Bertz CT molecular complexity index is 625. The highest BCUT2D eigenvalue weighted by atomic mass is 32.2. The second-order valence-corrected chi connectivity index (χ2v) is 7.99. The van der Waals surface area contributed by atoms with E-state index < -0.39 is 49.7 Å². The van der Waals surface area contributed by atoms with Crippen LogP contribution in [0.1, 0.15) is 19.3 Å². The maximum Gasteiger partial charge on any atom is 0.439 e. The standard InChI is InChI=1S/C8H11F6NO5S2/c9-6(10,8(13,14)22(18,19)20)7(11,12)21(16,17)15-4-2-1-3-5-15/h1-5H2,(H,18,19,20). The number of hydrogen-bond acceptors (Lipinski definition) is 4. The van der Waals surface area contributed by atoms with Gasteiger partial charge in [0.05, 0.1) is 0 Å². The summed E-state index contributed by atoms with van der Waals surface area (Å²) in [5.41, 5.74) is 0. The van der Waals surface area contributed by atoms with Crippen LogP contribution in [0.15, 0.2) is 0 Å². The lowest BCUT2D eigenvalue weighted by molar-refractivity contribution is -0.246. The normalized spacial score (nSPS) is 20.1. The lowest BCUT2D eigenvalue weighted by Crippen LogP contribution is -2.63. The molecular weight excluding hydrogens is 368 g/mol. The number of alkyl halides is 6. The van der Waals surface area contributed by atoms with Crippen molar-refractivity contribution in [2.45, 2.75) is 35.7 Å². The SMILES string of the molecule is O=S(=O)(O)C(F)(F)C(F)(F)C(F)(F)S(=O)(=O)N1CCCCC1. The average molecular weight is 379 g/mol. The fourth-order valence-electron chi connectivity index (χ4n) is 1.76. The third kappa shape index (κ3) is 2.69. The van der Waals surface area contributed by atoms with Gasteiger partial charge in [-0.25, -0.2) is 8.42 Å². The van der Waals surface area contributed by atoms with Crippen LogP contribution in [0.2, 0.25) is 0 Å². The summed E-state index contributed by atoms with van der Waals surface area (Å²) in [6, 6.07) is 0. The third-order valence-electron chi connectivity index (χ3n) is 3.03. The van der Waals surface area contributed by atoms with Crippen molar-refractivity contribution in [1.82, 2.24) is 4.31 Å². The van der Waals surface area contributed by atoms with Crippen molar-refractivity contribution < 1.29 is 47.7 Å². The number of nitrogens with zero attached hydrogens (tertiary/aromatic N) is 1. The zero-order chi connectivity index (χ0) is 17.6. The van der Waals surface area contributed by atoms with Crippen molar-refractivity contribution in [2.24, 2.45) is 0 Å². The van der Waals surface area contributed by atoms with Gasteiger partial charge >= 0.3 is 26.5 Å². The molecule has 0 amide bonds. The lowest BCUT2D eigenvalue weighted by atomic mass is 10.2. The number of sulfonamides is 1. The molecule has 1 heterocycles. The molecule has 0 spiro atoms. The molecule has 1 saturated heterocycles. The molecule has 1 fully saturated rings. The topological polar surface area (TPSA) is 91.7 Å². The van der Waals surface area contributed by atoms with Gasteiger partial charge in [-0.3, -0.25) is 4.55 Å². The van der Waals surface area contributed by atoms with E-state index in [1.165, 1.54) is 0 Å². The Labute approximate surface area is 121 Å². The first-order valence-electron chi connectivity index (χ1n) is 5.71. The molecule has 1 N–H and O–H groups in total. The molecule has 0 aromatic carbocycles. The molecule has 0 aromatic rings. The monoisotopic (exact) mass is 379 g/mol. The van der Waals surface area contributed by atoms with Crippen molar-refractivity contribution in [3.63, 3.8) is 0 Å². The van der Waals surface area contributed by atoms with Crippen LogP contribution < -0.4 is 0 Å². The van der Waals surface area contributed by atoms with Crippen LogP contribution in [0.5, 0.6) is 0 Å². The number of rotatable bonds is 5. The first-order chi connectivity index (χ1) is 9.61. The molecule has 0 aromatic heterocycles. The van der Waals surface area contributed by atoms with Crippen LogP contribution in [0.4, 0.5) is 26.3 Å². The summed E-state index contributed by atoms with van der Waals surface area (Å²) in [4.78, 5) is 0. The Morgan fingerprint density at radius 2 is 1.18 bits per heavy atom. The minimum Gasteiger partial charge on any atom is -0.281 e. The fraction of sp³-hybridized carbons (Fsp3) is 1.00. The smallest absolute Gasteiger partial charge is 0.281 e. The van der Waals surface area contributed by atoms with E-state index in [4.69, 9.17) is 4.55 Å². The first-order valence-corrected chi connectivity index (χ1v) is 8.59.